The van der Waals surface area contributed by atoms with Gasteiger partial charge in [-0.2, -0.15) is 8.42 Å². The summed E-state index contributed by atoms with van der Waals surface area (Å²) in [4.78, 5) is -0.445. The molecule has 1 N–H and O–H groups in total. The van der Waals surface area contributed by atoms with E-state index in [-0.39, 0.29) is 5.56 Å². The summed E-state index contributed by atoms with van der Waals surface area (Å²) in [5, 5.41) is 0. The molecule has 1 rings (SSSR count). The molecule has 0 aromatic heterocycles. The molecule has 0 saturated carbocycles. The van der Waals surface area contributed by atoms with Gasteiger partial charge in [-0.25, -0.2) is 4.39 Å². The molecule has 0 heterocycles. The van der Waals surface area contributed by atoms with Crippen molar-refractivity contribution in [1.29, 1.82) is 0 Å². The quantitative estimate of drug-likeness (QED) is 0.596. The molecule has 0 atom stereocenters. The number of alkyl halides is 1. The summed E-state index contributed by atoms with van der Waals surface area (Å²) in [5.41, 5.74) is 0.230. The minimum absolute atomic E-state index is 0.136. The number of hydrogen-bond acceptors (Lipinski definition) is 2. The molecule has 5 heteroatoms. The largest absolute Gasteiger partial charge is 0.294 e. The van der Waals surface area contributed by atoms with Gasteiger partial charge < -0.3 is 0 Å². The van der Waals surface area contributed by atoms with Crippen LogP contribution in [0.5, 0.6) is 0 Å². The lowest BCUT2D eigenvalue weighted by Gasteiger charge is -2.03. The second kappa shape index (κ2) is 3.78. The van der Waals surface area contributed by atoms with E-state index in [0.29, 0.717) is 5.56 Å². The van der Waals surface area contributed by atoms with Crippen LogP contribution in [0, 0.1) is 12.3 Å². The van der Waals surface area contributed by atoms with E-state index in [2.05, 4.69) is 5.92 Å². The van der Waals surface area contributed by atoms with Crippen LogP contribution in [0.4, 0.5) is 4.39 Å². The molecule has 0 saturated heterocycles. The fraction of sp³-hybridized carbons (Fsp3) is 0.111. The maximum atomic E-state index is 12.4. The van der Waals surface area contributed by atoms with Crippen LogP contribution in [0.2, 0.25) is 0 Å². The Kier molecular flexibility index (Phi) is 2.89. The van der Waals surface area contributed by atoms with Gasteiger partial charge in [-0.3, -0.25) is 4.55 Å². The Balaban J connectivity index is 3.42. The van der Waals surface area contributed by atoms with Gasteiger partial charge in [0.2, 0.25) is 0 Å². The molecular formula is C9H7FO3S. The monoisotopic (exact) mass is 213 g/mol. The average molecular weight is 213 g/mol. The molecular weight excluding hydrogens is 206 g/mol. The van der Waals surface area contributed by atoms with Gasteiger partial charge in [-0.05, 0) is 18.2 Å². The van der Waals surface area contributed by atoms with Crippen molar-refractivity contribution in [2.45, 2.75) is 11.6 Å². The van der Waals surface area contributed by atoms with E-state index in [9.17, 15) is 12.8 Å². The molecule has 0 aliphatic carbocycles. The zero-order chi connectivity index (χ0) is 10.8. The molecule has 0 bridgehead atoms. The van der Waals surface area contributed by atoms with E-state index in [1.807, 2.05) is 0 Å². The van der Waals surface area contributed by atoms with Crippen LogP contribution in [0.3, 0.4) is 0 Å². The fourth-order valence-corrected chi connectivity index (χ4v) is 1.71. The normalized spacial score (nSPS) is 10.9. The Morgan fingerprint density at radius 3 is 2.57 bits per heavy atom. The van der Waals surface area contributed by atoms with Gasteiger partial charge in [-0.15, -0.1) is 6.42 Å². The van der Waals surface area contributed by atoms with Crippen LogP contribution in [0.25, 0.3) is 0 Å². The number of rotatable bonds is 2. The first-order valence-electron chi connectivity index (χ1n) is 3.62. The van der Waals surface area contributed by atoms with Crippen molar-refractivity contribution in [3.05, 3.63) is 29.3 Å². The second-order valence-electron chi connectivity index (χ2n) is 2.58. The van der Waals surface area contributed by atoms with Gasteiger partial charge in [0.1, 0.15) is 6.67 Å². The first-order valence-corrected chi connectivity index (χ1v) is 5.06. The lowest BCUT2D eigenvalue weighted by molar-refractivity contribution is 0.462. The van der Waals surface area contributed by atoms with E-state index in [4.69, 9.17) is 11.0 Å². The number of hydrogen-bond donors (Lipinski definition) is 1. The van der Waals surface area contributed by atoms with E-state index < -0.39 is 21.7 Å². The third kappa shape index (κ3) is 2.10. The third-order valence-electron chi connectivity index (χ3n) is 1.65. The van der Waals surface area contributed by atoms with Gasteiger partial charge in [0, 0.05) is 11.1 Å². The fourth-order valence-electron chi connectivity index (χ4n) is 1.03. The molecule has 0 aliphatic heterocycles. The number of benzene rings is 1. The standard InChI is InChI=1S/C9H7FO3S/c1-2-7-3-4-9(14(11,12)13)8(5-7)6-10/h1,3-5H,6H2,(H,11,12,13)/i10-1. The van der Waals surface area contributed by atoms with E-state index in [1.54, 1.807) is 0 Å². The van der Waals surface area contributed by atoms with Crippen molar-refractivity contribution in [3.8, 4) is 12.3 Å². The highest BCUT2D eigenvalue weighted by Gasteiger charge is 2.15. The van der Waals surface area contributed by atoms with Crippen LogP contribution in [-0.2, 0) is 16.8 Å². The van der Waals surface area contributed by atoms with Crippen molar-refractivity contribution in [3.63, 3.8) is 0 Å². The van der Waals surface area contributed by atoms with Crippen LogP contribution in [-0.4, -0.2) is 13.0 Å². The Morgan fingerprint density at radius 2 is 2.14 bits per heavy atom. The number of halogens is 1. The maximum absolute atomic E-state index is 12.4. The highest BCUT2D eigenvalue weighted by molar-refractivity contribution is 7.85. The molecule has 1 aromatic rings. The topological polar surface area (TPSA) is 54.4 Å². The summed E-state index contributed by atoms with van der Waals surface area (Å²) in [7, 11) is -4.38. The lowest BCUT2D eigenvalue weighted by atomic mass is 10.1. The summed E-state index contributed by atoms with van der Waals surface area (Å²) in [6.45, 7) is -0.995. The van der Waals surface area contributed by atoms with E-state index in [1.165, 1.54) is 12.1 Å². The minimum atomic E-state index is -4.38. The SMILES string of the molecule is C#Cc1ccc(S(=O)(=O)O)c(C[18F])c1. The van der Waals surface area contributed by atoms with Crippen LogP contribution >= 0.6 is 0 Å². The third-order valence-corrected chi connectivity index (χ3v) is 2.60. The maximum Gasteiger partial charge on any atom is 0.294 e. The van der Waals surface area contributed by atoms with Crippen molar-refractivity contribution in [2.75, 3.05) is 0 Å². The van der Waals surface area contributed by atoms with Crippen molar-refractivity contribution in [1.82, 2.24) is 0 Å². The second-order valence-corrected chi connectivity index (χ2v) is 3.97. The molecule has 0 radical (unpaired) electrons. The van der Waals surface area contributed by atoms with Gasteiger partial charge in [-0.1, -0.05) is 5.92 Å². The smallest absolute Gasteiger partial charge is 0.282 e. The predicted octanol–water partition coefficient (Wildman–Crippen LogP) is 1.38. The molecule has 1 aromatic carbocycles. The molecule has 3 nitrogen and oxygen atoms in total. The number of terminal acetylenes is 1. The molecule has 0 unspecified atom stereocenters. The van der Waals surface area contributed by atoms with Gasteiger partial charge in [0.25, 0.3) is 10.1 Å². The zero-order valence-electron chi connectivity index (χ0n) is 7.07. The summed E-state index contributed by atoms with van der Waals surface area (Å²) in [5.74, 6) is 2.24. The molecule has 0 amide bonds. The Morgan fingerprint density at radius 1 is 1.50 bits per heavy atom. The van der Waals surface area contributed by atoms with E-state index >= 15 is 0 Å². The van der Waals surface area contributed by atoms with Crippen molar-refractivity contribution >= 4 is 10.1 Å². The Labute approximate surface area is 81.3 Å². The first kappa shape index (κ1) is 10.7. The highest BCUT2D eigenvalue weighted by Crippen LogP contribution is 2.18. The molecule has 0 fully saturated rings. The first-order chi connectivity index (χ1) is 6.49. The zero-order valence-corrected chi connectivity index (χ0v) is 7.88. The lowest BCUT2D eigenvalue weighted by Crippen LogP contribution is -2.02. The molecule has 14 heavy (non-hydrogen) atoms. The summed E-state index contributed by atoms with van der Waals surface area (Å²) < 4.78 is 42.6. The van der Waals surface area contributed by atoms with Crippen LogP contribution in [0.15, 0.2) is 23.1 Å². The molecule has 0 aliphatic rings. The highest BCUT2D eigenvalue weighted by atomic mass is 32.2. The summed E-state index contributed by atoms with van der Waals surface area (Å²) in [6.07, 6.45) is 5.05. The minimum Gasteiger partial charge on any atom is -0.282 e. The molecule has 74 valence electrons. The van der Waals surface area contributed by atoms with Gasteiger partial charge in [0.05, 0.1) is 4.90 Å². The summed E-state index contributed by atoms with van der Waals surface area (Å²) >= 11 is 0. The van der Waals surface area contributed by atoms with Crippen molar-refractivity contribution in [2.24, 2.45) is 0 Å². The average Bonchev–Trinajstić information content (AvgIpc) is 2.15. The Bertz CT molecular complexity index is 485. The van der Waals surface area contributed by atoms with Crippen molar-refractivity contribution < 1.29 is 17.4 Å². The predicted molar refractivity (Wildman–Crippen MR) is 49.0 cm³/mol. The molecule has 0 spiro atoms. The van der Waals surface area contributed by atoms with Crippen LogP contribution in [0.1, 0.15) is 11.1 Å². The Hall–Kier alpha value is -1.38. The van der Waals surface area contributed by atoms with Gasteiger partial charge in [0.15, 0.2) is 0 Å². The van der Waals surface area contributed by atoms with Gasteiger partial charge >= 0.3 is 0 Å². The van der Waals surface area contributed by atoms with E-state index in [0.717, 1.165) is 6.07 Å². The summed E-state index contributed by atoms with van der Waals surface area (Å²) in [6, 6.07) is 3.62. The van der Waals surface area contributed by atoms with Crippen LogP contribution < -0.4 is 0 Å².